The Balaban J connectivity index is 1.62. The van der Waals surface area contributed by atoms with Crippen LogP contribution >= 0.6 is 0 Å². The standard InChI is InChI=1S/C21H24N4O4S/c1-14(2)18(24-19-16-10-6-7-11-17(16)30(28,29)25-19)21(27)23-13-12-22-20(26)15-8-4-3-5-9-15/h3-11,14,18H,12-13H2,1-2H3,(H,22,26)(H,23,27)(H,24,25)/t18-/m0/s1. The average molecular weight is 429 g/mol. The van der Waals surface area contributed by atoms with Crippen LogP contribution in [0.1, 0.15) is 29.8 Å². The van der Waals surface area contributed by atoms with Crippen molar-refractivity contribution in [3.05, 3.63) is 65.7 Å². The Kier molecular flexibility index (Phi) is 6.51. The van der Waals surface area contributed by atoms with E-state index in [0.29, 0.717) is 11.1 Å². The number of sulfonamides is 1. The van der Waals surface area contributed by atoms with Crippen LogP contribution in [-0.4, -0.2) is 45.2 Å². The molecule has 0 spiro atoms. The van der Waals surface area contributed by atoms with E-state index >= 15 is 0 Å². The van der Waals surface area contributed by atoms with Crippen LogP contribution in [0.4, 0.5) is 0 Å². The predicted octanol–water partition coefficient (Wildman–Crippen LogP) is 1.30. The normalized spacial score (nSPS) is 16.6. The Morgan fingerprint density at radius 3 is 2.30 bits per heavy atom. The van der Waals surface area contributed by atoms with E-state index in [-0.39, 0.29) is 41.6 Å². The molecule has 30 heavy (non-hydrogen) atoms. The highest BCUT2D eigenvalue weighted by Crippen LogP contribution is 2.23. The van der Waals surface area contributed by atoms with Gasteiger partial charge in [0.25, 0.3) is 15.9 Å². The summed E-state index contributed by atoms with van der Waals surface area (Å²) in [7, 11) is -3.67. The predicted molar refractivity (Wildman–Crippen MR) is 114 cm³/mol. The summed E-state index contributed by atoms with van der Waals surface area (Å²) in [6.45, 7) is 4.16. The molecule has 2 aromatic carbocycles. The number of amides is 2. The van der Waals surface area contributed by atoms with Gasteiger partial charge < -0.3 is 10.6 Å². The molecule has 0 bridgehead atoms. The summed E-state index contributed by atoms with van der Waals surface area (Å²) in [5.41, 5.74) is 0.994. The van der Waals surface area contributed by atoms with Gasteiger partial charge in [0.15, 0.2) is 0 Å². The number of fused-ring (bicyclic) bond motifs is 1. The lowest BCUT2D eigenvalue weighted by molar-refractivity contribution is -0.123. The third-order valence-corrected chi connectivity index (χ3v) is 5.97. The number of nitrogens with zero attached hydrogens (tertiary/aromatic N) is 1. The third kappa shape index (κ3) is 4.85. The fourth-order valence-corrected chi connectivity index (χ4v) is 4.28. The second-order valence-electron chi connectivity index (χ2n) is 7.18. The van der Waals surface area contributed by atoms with Crippen LogP contribution in [-0.2, 0) is 14.8 Å². The molecule has 0 saturated carbocycles. The Morgan fingerprint density at radius 2 is 1.60 bits per heavy atom. The zero-order valence-corrected chi connectivity index (χ0v) is 17.6. The van der Waals surface area contributed by atoms with Crippen LogP contribution in [0.15, 0.2) is 64.5 Å². The van der Waals surface area contributed by atoms with Gasteiger partial charge in [-0.1, -0.05) is 44.2 Å². The van der Waals surface area contributed by atoms with E-state index in [0.717, 1.165) is 0 Å². The minimum Gasteiger partial charge on any atom is -0.352 e. The molecule has 3 N–H and O–H groups in total. The van der Waals surface area contributed by atoms with Crippen molar-refractivity contribution in [2.45, 2.75) is 24.8 Å². The number of amidine groups is 1. The van der Waals surface area contributed by atoms with Gasteiger partial charge in [-0.05, 0) is 30.2 Å². The molecule has 8 nitrogen and oxygen atoms in total. The Hall–Kier alpha value is -3.20. The molecule has 0 aliphatic carbocycles. The van der Waals surface area contributed by atoms with Crippen LogP contribution in [0.5, 0.6) is 0 Å². The first kappa shape index (κ1) is 21.5. The van der Waals surface area contributed by atoms with Crippen molar-refractivity contribution in [3.63, 3.8) is 0 Å². The van der Waals surface area contributed by atoms with Crippen LogP contribution in [0, 0.1) is 5.92 Å². The Bertz CT molecular complexity index is 1070. The maximum Gasteiger partial charge on any atom is 0.263 e. The number of hydrogen-bond acceptors (Lipinski definition) is 5. The van der Waals surface area contributed by atoms with Crippen molar-refractivity contribution < 1.29 is 18.0 Å². The van der Waals surface area contributed by atoms with Crippen molar-refractivity contribution in [1.82, 2.24) is 15.4 Å². The van der Waals surface area contributed by atoms with Gasteiger partial charge in [0.1, 0.15) is 11.9 Å². The molecular weight excluding hydrogens is 404 g/mol. The van der Waals surface area contributed by atoms with Gasteiger partial charge in [0, 0.05) is 24.2 Å². The number of carbonyl (C=O) groups is 2. The lowest BCUT2D eigenvalue weighted by Gasteiger charge is -2.17. The zero-order valence-electron chi connectivity index (χ0n) is 16.8. The van der Waals surface area contributed by atoms with E-state index in [9.17, 15) is 18.0 Å². The maximum absolute atomic E-state index is 12.7. The van der Waals surface area contributed by atoms with E-state index < -0.39 is 16.1 Å². The van der Waals surface area contributed by atoms with Gasteiger partial charge in [0.2, 0.25) is 5.91 Å². The monoisotopic (exact) mass is 428 g/mol. The van der Waals surface area contributed by atoms with Crippen LogP contribution in [0.2, 0.25) is 0 Å². The molecular formula is C21H24N4O4S. The van der Waals surface area contributed by atoms with Gasteiger partial charge in [-0.3, -0.25) is 19.3 Å². The third-order valence-electron chi connectivity index (χ3n) is 4.58. The van der Waals surface area contributed by atoms with Crippen LogP contribution in [0.25, 0.3) is 0 Å². The molecule has 1 heterocycles. The summed E-state index contributed by atoms with van der Waals surface area (Å²) in [4.78, 5) is 29.2. The smallest absolute Gasteiger partial charge is 0.263 e. The second-order valence-corrected chi connectivity index (χ2v) is 8.83. The first-order chi connectivity index (χ1) is 14.3. The summed E-state index contributed by atoms with van der Waals surface area (Å²) in [6.07, 6.45) is 0. The summed E-state index contributed by atoms with van der Waals surface area (Å²) in [5.74, 6) is -0.553. The van der Waals surface area contributed by atoms with Crippen molar-refractivity contribution in [3.8, 4) is 0 Å². The van der Waals surface area contributed by atoms with E-state index in [1.54, 1.807) is 42.5 Å². The zero-order chi connectivity index (χ0) is 21.7. The molecule has 9 heteroatoms. The number of nitrogens with one attached hydrogen (secondary N) is 3. The average Bonchev–Trinajstić information content (AvgIpc) is 3.00. The van der Waals surface area contributed by atoms with Gasteiger partial charge in [-0.15, -0.1) is 0 Å². The molecule has 0 fully saturated rings. The molecule has 2 amide bonds. The maximum atomic E-state index is 12.7. The van der Waals surface area contributed by atoms with Crippen molar-refractivity contribution >= 4 is 27.7 Å². The molecule has 1 aliphatic heterocycles. The summed E-state index contributed by atoms with van der Waals surface area (Å²) in [5, 5.41) is 5.49. The Morgan fingerprint density at radius 1 is 0.967 bits per heavy atom. The van der Waals surface area contributed by atoms with Crippen molar-refractivity contribution in [2.75, 3.05) is 13.1 Å². The lowest BCUT2D eigenvalue weighted by atomic mass is 10.0. The highest BCUT2D eigenvalue weighted by molar-refractivity contribution is 7.90. The summed E-state index contributed by atoms with van der Waals surface area (Å²) >= 11 is 0. The minimum absolute atomic E-state index is 0.148. The largest absolute Gasteiger partial charge is 0.352 e. The van der Waals surface area contributed by atoms with E-state index in [2.05, 4.69) is 20.3 Å². The molecule has 1 atom stereocenters. The molecule has 1 aliphatic rings. The molecule has 0 aromatic heterocycles. The van der Waals surface area contributed by atoms with Gasteiger partial charge in [-0.25, -0.2) is 8.42 Å². The number of carbonyl (C=O) groups excluding carboxylic acids is 2. The summed E-state index contributed by atoms with van der Waals surface area (Å²) < 4.78 is 26.9. The van der Waals surface area contributed by atoms with Gasteiger partial charge >= 0.3 is 0 Å². The van der Waals surface area contributed by atoms with E-state index in [1.165, 1.54) is 6.07 Å². The minimum atomic E-state index is -3.67. The highest BCUT2D eigenvalue weighted by atomic mass is 32.2. The molecule has 2 aromatic rings. The summed E-state index contributed by atoms with van der Waals surface area (Å²) in [6, 6.07) is 14.5. The highest BCUT2D eigenvalue weighted by Gasteiger charge is 2.32. The lowest BCUT2D eigenvalue weighted by Crippen LogP contribution is -2.42. The molecule has 0 radical (unpaired) electrons. The fraction of sp³-hybridized carbons (Fsp3) is 0.286. The van der Waals surface area contributed by atoms with Gasteiger partial charge in [-0.2, -0.15) is 0 Å². The van der Waals surface area contributed by atoms with Crippen molar-refractivity contribution in [2.24, 2.45) is 10.9 Å². The van der Waals surface area contributed by atoms with E-state index in [4.69, 9.17) is 0 Å². The van der Waals surface area contributed by atoms with Crippen LogP contribution < -0.4 is 15.4 Å². The number of hydrogen-bond donors (Lipinski definition) is 3. The fourth-order valence-electron chi connectivity index (χ4n) is 3.04. The van der Waals surface area contributed by atoms with Crippen molar-refractivity contribution in [1.29, 1.82) is 0 Å². The molecule has 0 saturated heterocycles. The SMILES string of the molecule is CC(C)[C@H](N=C1NS(=O)(=O)c2ccccc21)C(=O)NCCNC(=O)c1ccccc1. The first-order valence-electron chi connectivity index (χ1n) is 9.60. The quantitative estimate of drug-likeness (QED) is 0.576. The molecule has 0 unspecified atom stereocenters. The second kappa shape index (κ2) is 9.08. The van der Waals surface area contributed by atoms with Crippen LogP contribution in [0.3, 0.4) is 0 Å². The topological polar surface area (TPSA) is 117 Å². The first-order valence-corrected chi connectivity index (χ1v) is 11.1. The molecule has 3 rings (SSSR count). The number of aliphatic imine (C=N–C) groups is 1. The van der Waals surface area contributed by atoms with E-state index in [1.807, 2.05) is 19.9 Å². The molecule has 158 valence electrons. The number of benzene rings is 2. The number of rotatable bonds is 7. The van der Waals surface area contributed by atoms with Gasteiger partial charge in [0.05, 0.1) is 4.90 Å². The Labute approximate surface area is 175 Å².